The van der Waals surface area contributed by atoms with Crippen molar-refractivity contribution in [1.29, 1.82) is 0 Å². The lowest BCUT2D eigenvalue weighted by atomic mass is 10.1. The highest BCUT2D eigenvalue weighted by molar-refractivity contribution is 6.34. The lowest BCUT2D eigenvalue weighted by molar-refractivity contribution is -0.121. The van der Waals surface area contributed by atoms with Gasteiger partial charge in [-0.25, -0.2) is 9.78 Å². The topological polar surface area (TPSA) is 102 Å². The van der Waals surface area contributed by atoms with E-state index in [1.807, 2.05) is 0 Å². The van der Waals surface area contributed by atoms with Gasteiger partial charge in [-0.1, -0.05) is 35.3 Å². The molecule has 160 valence electrons. The fraction of sp³-hybridized carbons (Fsp3) is 0.143. The number of benzene rings is 1. The minimum absolute atomic E-state index is 0.0498. The molecule has 0 saturated heterocycles. The number of carbonyl (C=O) groups is 3. The molecule has 0 fully saturated rings. The predicted molar refractivity (Wildman–Crippen MR) is 114 cm³/mol. The largest absolute Gasteiger partial charge is 0.467 e. The van der Waals surface area contributed by atoms with Gasteiger partial charge in [-0.2, -0.15) is 0 Å². The third-order valence-corrected chi connectivity index (χ3v) is 4.74. The Bertz CT molecular complexity index is 1100. The van der Waals surface area contributed by atoms with E-state index >= 15 is 0 Å². The van der Waals surface area contributed by atoms with Crippen LogP contribution in [0.15, 0.2) is 59.2 Å². The lowest BCUT2D eigenvalue weighted by Crippen LogP contribution is -2.33. The van der Waals surface area contributed by atoms with Crippen molar-refractivity contribution in [3.63, 3.8) is 0 Å². The smallest absolute Gasteiger partial charge is 0.359 e. The number of pyridine rings is 1. The summed E-state index contributed by atoms with van der Waals surface area (Å²) in [4.78, 5) is 42.4. The molecule has 31 heavy (non-hydrogen) atoms. The van der Waals surface area contributed by atoms with Gasteiger partial charge in [0, 0.05) is 7.05 Å². The maximum absolute atomic E-state index is 12.6. The molecule has 0 aliphatic heterocycles. The second-order valence-corrected chi connectivity index (χ2v) is 7.07. The normalized spacial score (nSPS) is 10.4. The van der Waals surface area contributed by atoms with Crippen molar-refractivity contribution >= 4 is 46.7 Å². The average molecular weight is 462 g/mol. The third-order valence-electron chi connectivity index (χ3n) is 4.22. The van der Waals surface area contributed by atoms with Gasteiger partial charge in [0.15, 0.2) is 12.3 Å². The first-order valence-corrected chi connectivity index (χ1v) is 9.77. The zero-order valence-corrected chi connectivity index (χ0v) is 17.8. The Hall–Kier alpha value is -3.36. The third kappa shape index (κ3) is 5.62. The number of esters is 1. The van der Waals surface area contributed by atoms with E-state index in [1.165, 1.54) is 30.3 Å². The molecule has 2 aromatic heterocycles. The number of carbonyl (C=O) groups excluding carboxylic acids is 3. The standard InChI is InChI=1S/C21H17Cl2N3O5/c1-26(18(27)12-31-21(29)19-15(22)8-9-17(23)25-19)16-7-3-2-6-14(16)20(28)24-11-13-5-4-10-30-13/h2-10H,11-12H2,1H3,(H,24,28). The molecule has 1 N–H and O–H groups in total. The van der Waals surface area contributed by atoms with Crippen LogP contribution in [0.3, 0.4) is 0 Å². The minimum atomic E-state index is -0.890. The van der Waals surface area contributed by atoms with Gasteiger partial charge in [-0.15, -0.1) is 0 Å². The van der Waals surface area contributed by atoms with Gasteiger partial charge >= 0.3 is 5.97 Å². The summed E-state index contributed by atoms with van der Waals surface area (Å²) in [5.74, 6) is -1.24. The van der Waals surface area contributed by atoms with Gasteiger partial charge in [0.25, 0.3) is 11.8 Å². The second kappa shape index (κ2) is 10.1. The number of hydrogen-bond donors (Lipinski definition) is 1. The number of hydrogen-bond acceptors (Lipinski definition) is 6. The van der Waals surface area contributed by atoms with Crippen molar-refractivity contribution < 1.29 is 23.5 Å². The van der Waals surface area contributed by atoms with E-state index in [0.29, 0.717) is 11.4 Å². The molecule has 2 heterocycles. The van der Waals surface area contributed by atoms with Gasteiger partial charge in [0.1, 0.15) is 10.9 Å². The summed E-state index contributed by atoms with van der Waals surface area (Å²) in [7, 11) is 1.47. The van der Waals surface area contributed by atoms with Crippen molar-refractivity contribution in [1.82, 2.24) is 10.3 Å². The zero-order chi connectivity index (χ0) is 22.4. The highest BCUT2D eigenvalue weighted by Gasteiger charge is 2.21. The van der Waals surface area contributed by atoms with Crippen LogP contribution >= 0.6 is 23.2 Å². The first-order chi connectivity index (χ1) is 14.9. The van der Waals surface area contributed by atoms with Crippen molar-refractivity contribution in [2.45, 2.75) is 6.54 Å². The molecule has 0 aliphatic rings. The Balaban J connectivity index is 1.65. The fourth-order valence-corrected chi connectivity index (χ4v) is 2.95. The number of halogens is 2. The van der Waals surface area contributed by atoms with Gasteiger partial charge in [0.05, 0.1) is 29.1 Å². The Morgan fingerprint density at radius 2 is 1.87 bits per heavy atom. The van der Waals surface area contributed by atoms with Crippen molar-refractivity contribution in [2.24, 2.45) is 0 Å². The van der Waals surface area contributed by atoms with E-state index in [2.05, 4.69) is 10.3 Å². The first-order valence-electron chi connectivity index (χ1n) is 9.02. The molecule has 10 heteroatoms. The number of ether oxygens (including phenoxy) is 1. The summed E-state index contributed by atoms with van der Waals surface area (Å²) in [6.45, 7) is -0.384. The number of aromatic nitrogens is 1. The molecule has 3 aromatic rings. The van der Waals surface area contributed by atoms with Gasteiger partial charge in [0.2, 0.25) is 0 Å². The van der Waals surface area contributed by atoms with Crippen LogP contribution in [0.25, 0.3) is 0 Å². The molecule has 0 aliphatic carbocycles. The molecular formula is C21H17Cl2N3O5. The van der Waals surface area contributed by atoms with Crippen LogP contribution < -0.4 is 10.2 Å². The fourth-order valence-electron chi connectivity index (χ4n) is 2.62. The summed E-state index contributed by atoms with van der Waals surface area (Å²) in [6.07, 6.45) is 1.51. The van der Waals surface area contributed by atoms with Crippen LogP contribution in [0.2, 0.25) is 10.2 Å². The quantitative estimate of drug-likeness (QED) is 0.424. The SMILES string of the molecule is CN(C(=O)COC(=O)c1nc(Cl)ccc1Cl)c1ccccc1C(=O)NCc1ccco1. The number of amides is 2. The minimum Gasteiger partial charge on any atom is -0.467 e. The van der Waals surface area contributed by atoms with Crippen molar-refractivity contribution in [3.05, 3.63) is 82.0 Å². The number of furan rings is 1. The molecule has 1 aromatic carbocycles. The molecule has 0 atom stereocenters. The van der Waals surface area contributed by atoms with Crippen LogP contribution in [0, 0.1) is 0 Å². The second-order valence-electron chi connectivity index (χ2n) is 6.27. The van der Waals surface area contributed by atoms with Gasteiger partial charge in [-0.3, -0.25) is 9.59 Å². The monoisotopic (exact) mass is 461 g/mol. The van der Waals surface area contributed by atoms with Crippen molar-refractivity contribution in [2.75, 3.05) is 18.6 Å². The number of nitrogens with zero attached hydrogens (tertiary/aromatic N) is 2. The van der Waals surface area contributed by atoms with Gasteiger partial charge in [-0.05, 0) is 36.4 Å². The molecule has 0 saturated carbocycles. The number of nitrogens with one attached hydrogen (secondary N) is 1. The Labute approximate surface area is 187 Å². The first kappa shape index (κ1) is 22.3. The van der Waals surface area contributed by atoms with Crippen LogP contribution in [-0.2, 0) is 16.1 Å². The molecule has 0 spiro atoms. The van der Waals surface area contributed by atoms with E-state index in [0.717, 1.165) is 0 Å². The molecule has 2 amide bonds. The summed E-state index contributed by atoms with van der Waals surface area (Å²) >= 11 is 11.7. The Kier molecular flexibility index (Phi) is 7.28. The molecule has 0 bridgehead atoms. The highest BCUT2D eigenvalue weighted by atomic mass is 35.5. The number of likely N-dealkylation sites (N-methyl/N-ethyl adjacent to an activating group) is 1. The number of para-hydroxylation sites is 1. The van der Waals surface area contributed by atoms with E-state index in [4.69, 9.17) is 32.4 Å². The Morgan fingerprint density at radius 1 is 1.10 bits per heavy atom. The van der Waals surface area contributed by atoms with E-state index in [1.54, 1.807) is 36.4 Å². The molecule has 8 nitrogen and oxygen atoms in total. The molecule has 0 unspecified atom stereocenters. The van der Waals surface area contributed by atoms with Crippen LogP contribution in [-0.4, -0.2) is 36.4 Å². The van der Waals surface area contributed by atoms with E-state index in [-0.39, 0.29) is 28.0 Å². The summed E-state index contributed by atoms with van der Waals surface area (Å²) in [5, 5.41) is 2.84. The maximum Gasteiger partial charge on any atom is 0.359 e. The van der Waals surface area contributed by atoms with Crippen molar-refractivity contribution in [3.8, 4) is 0 Å². The Morgan fingerprint density at radius 3 is 2.61 bits per heavy atom. The van der Waals surface area contributed by atoms with Crippen LogP contribution in [0.4, 0.5) is 5.69 Å². The van der Waals surface area contributed by atoms with E-state index in [9.17, 15) is 14.4 Å². The van der Waals surface area contributed by atoms with Gasteiger partial charge < -0.3 is 19.4 Å². The van der Waals surface area contributed by atoms with Crippen LogP contribution in [0.1, 0.15) is 26.6 Å². The summed E-state index contributed by atoms with van der Waals surface area (Å²) < 4.78 is 10.2. The predicted octanol–water partition coefficient (Wildman–Crippen LogP) is 3.73. The average Bonchev–Trinajstić information content (AvgIpc) is 3.30. The molecular weight excluding hydrogens is 445 g/mol. The number of rotatable bonds is 7. The summed E-state index contributed by atoms with van der Waals surface area (Å²) in [6, 6.07) is 12.8. The maximum atomic E-state index is 12.6. The summed E-state index contributed by atoms with van der Waals surface area (Å²) in [5.41, 5.74) is 0.428. The zero-order valence-electron chi connectivity index (χ0n) is 16.3. The highest BCUT2D eigenvalue weighted by Crippen LogP contribution is 2.21. The van der Waals surface area contributed by atoms with E-state index < -0.39 is 24.4 Å². The lowest BCUT2D eigenvalue weighted by Gasteiger charge is -2.20. The molecule has 3 rings (SSSR count). The number of anilines is 1. The molecule has 0 radical (unpaired) electrons. The van der Waals surface area contributed by atoms with Crippen LogP contribution in [0.5, 0.6) is 0 Å².